The average molecular weight is 439 g/mol. The second-order valence-electron chi connectivity index (χ2n) is 6.40. The van der Waals surface area contributed by atoms with Crippen molar-refractivity contribution in [1.29, 1.82) is 0 Å². The second kappa shape index (κ2) is 9.05. The van der Waals surface area contributed by atoms with E-state index in [4.69, 9.17) is 5.73 Å². The molecule has 3 rings (SSSR count). The molecule has 1 aromatic heterocycles. The van der Waals surface area contributed by atoms with Gasteiger partial charge < -0.3 is 10.6 Å². The van der Waals surface area contributed by atoms with E-state index in [1.54, 1.807) is 0 Å². The summed E-state index contributed by atoms with van der Waals surface area (Å²) in [4.78, 5) is 6.74. The number of aromatic nitrogens is 2. The molecule has 5 nitrogen and oxygen atoms in total. The maximum absolute atomic E-state index is 6.14. The zero-order valence-corrected chi connectivity index (χ0v) is 16.5. The number of hydrogen-bond acceptors (Lipinski definition) is 2. The van der Waals surface area contributed by atoms with Crippen LogP contribution >= 0.6 is 24.0 Å². The molecule has 1 atom stereocenters. The van der Waals surface area contributed by atoms with Crippen LogP contribution in [0.4, 0.5) is 0 Å². The van der Waals surface area contributed by atoms with Gasteiger partial charge in [-0.2, -0.15) is 5.10 Å². The predicted molar refractivity (Wildman–Crippen MR) is 108 cm³/mol. The lowest BCUT2D eigenvalue weighted by atomic mass is 10.0. The number of nitrogens with zero attached hydrogens (tertiary/aromatic N) is 4. The molecule has 0 bridgehead atoms. The Balaban J connectivity index is 0.00000208. The van der Waals surface area contributed by atoms with E-state index in [1.807, 2.05) is 35.3 Å². The molecule has 0 aliphatic carbocycles. The summed E-state index contributed by atoms with van der Waals surface area (Å²) >= 11 is 0. The average Bonchev–Trinajstić information content (AvgIpc) is 3.01. The molecule has 0 radical (unpaired) electrons. The van der Waals surface area contributed by atoms with E-state index < -0.39 is 0 Å². The van der Waals surface area contributed by atoms with Crippen molar-refractivity contribution in [2.24, 2.45) is 16.6 Å². The number of aliphatic imine (C=N–C) groups is 1. The molecule has 1 aromatic carbocycles. The van der Waals surface area contributed by atoms with Gasteiger partial charge >= 0.3 is 0 Å². The number of likely N-dealkylation sites (tertiary alicyclic amines) is 1. The highest BCUT2D eigenvalue weighted by Gasteiger charge is 2.17. The fourth-order valence-electron chi connectivity index (χ4n) is 3.01. The standard InChI is InChI=1S/C18H25N5.HI/c1-15-6-5-9-22(12-15)18(19)20-10-17-11-21-23(14-17)13-16-7-3-2-4-8-16;/h2-4,7-8,11,14-15H,5-6,9-10,12-13H2,1H3,(H2,19,20);1H. The fourth-order valence-corrected chi connectivity index (χ4v) is 3.01. The van der Waals surface area contributed by atoms with E-state index in [0.717, 1.165) is 25.2 Å². The first-order valence-electron chi connectivity index (χ1n) is 8.31. The first-order chi connectivity index (χ1) is 11.2. The lowest BCUT2D eigenvalue weighted by molar-refractivity contribution is 0.270. The Bertz CT molecular complexity index is 652. The summed E-state index contributed by atoms with van der Waals surface area (Å²) in [6.45, 7) is 5.68. The Kier molecular flexibility index (Phi) is 7.08. The van der Waals surface area contributed by atoms with Crippen LogP contribution in [0.1, 0.15) is 30.9 Å². The van der Waals surface area contributed by atoms with Crippen LogP contribution in [0, 0.1) is 5.92 Å². The largest absolute Gasteiger partial charge is 0.370 e. The first kappa shape index (κ1) is 18.8. The third-order valence-electron chi connectivity index (χ3n) is 4.28. The Morgan fingerprint density at radius 1 is 1.29 bits per heavy atom. The molecule has 2 aromatic rings. The van der Waals surface area contributed by atoms with Gasteiger partial charge in [0.2, 0.25) is 0 Å². The quantitative estimate of drug-likeness (QED) is 0.453. The predicted octanol–water partition coefficient (Wildman–Crippen LogP) is 3.10. The van der Waals surface area contributed by atoms with E-state index in [-0.39, 0.29) is 24.0 Å². The fraction of sp³-hybridized carbons (Fsp3) is 0.444. The number of piperidine rings is 1. The molecule has 1 aliphatic rings. The van der Waals surface area contributed by atoms with E-state index in [1.165, 1.54) is 18.4 Å². The zero-order valence-electron chi connectivity index (χ0n) is 14.1. The first-order valence-corrected chi connectivity index (χ1v) is 8.31. The summed E-state index contributed by atoms with van der Waals surface area (Å²) in [7, 11) is 0. The van der Waals surface area contributed by atoms with Gasteiger partial charge in [-0.25, -0.2) is 4.99 Å². The molecule has 1 fully saturated rings. The third-order valence-corrected chi connectivity index (χ3v) is 4.28. The molecule has 1 aliphatic heterocycles. The molecule has 2 heterocycles. The molecular formula is C18H26IN5. The number of rotatable bonds is 4. The van der Waals surface area contributed by atoms with Gasteiger partial charge in [0.15, 0.2) is 5.96 Å². The van der Waals surface area contributed by atoms with Gasteiger partial charge in [0.25, 0.3) is 0 Å². The number of hydrogen-bond donors (Lipinski definition) is 1. The van der Waals surface area contributed by atoms with Gasteiger partial charge in [0.1, 0.15) is 0 Å². The lowest BCUT2D eigenvalue weighted by Gasteiger charge is -2.31. The summed E-state index contributed by atoms with van der Waals surface area (Å²) in [5, 5.41) is 4.41. The lowest BCUT2D eigenvalue weighted by Crippen LogP contribution is -2.43. The van der Waals surface area contributed by atoms with Gasteiger partial charge in [-0.3, -0.25) is 4.68 Å². The van der Waals surface area contributed by atoms with E-state index in [2.05, 4.69) is 34.0 Å². The van der Waals surface area contributed by atoms with Gasteiger partial charge in [0.05, 0.1) is 19.3 Å². The highest BCUT2D eigenvalue weighted by atomic mass is 127. The van der Waals surface area contributed by atoms with Gasteiger partial charge in [0, 0.05) is 24.8 Å². The number of halogens is 1. The van der Waals surface area contributed by atoms with Crippen molar-refractivity contribution < 1.29 is 0 Å². The van der Waals surface area contributed by atoms with Crippen LogP contribution in [-0.2, 0) is 13.1 Å². The summed E-state index contributed by atoms with van der Waals surface area (Å²) < 4.78 is 1.94. The minimum absolute atomic E-state index is 0. The van der Waals surface area contributed by atoms with Crippen molar-refractivity contribution in [3.8, 4) is 0 Å². The van der Waals surface area contributed by atoms with E-state index in [0.29, 0.717) is 18.4 Å². The molecule has 0 spiro atoms. The molecule has 6 heteroatoms. The topological polar surface area (TPSA) is 59.4 Å². The summed E-state index contributed by atoms with van der Waals surface area (Å²) in [5.41, 5.74) is 8.47. The number of guanidine groups is 1. The smallest absolute Gasteiger partial charge is 0.191 e. The number of benzene rings is 1. The minimum atomic E-state index is 0. The molecule has 2 N–H and O–H groups in total. The second-order valence-corrected chi connectivity index (χ2v) is 6.40. The molecular weight excluding hydrogens is 413 g/mol. The molecule has 1 unspecified atom stereocenters. The monoisotopic (exact) mass is 439 g/mol. The van der Waals surface area contributed by atoms with E-state index in [9.17, 15) is 0 Å². The normalized spacial score (nSPS) is 18.3. The Hall–Kier alpha value is -1.57. The van der Waals surface area contributed by atoms with Crippen molar-refractivity contribution in [2.75, 3.05) is 13.1 Å². The number of nitrogens with two attached hydrogens (primary N) is 1. The third kappa shape index (κ3) is 5.22. The van der Waals surface area contributed by atoms with Crippen LogP contribution in [0.15, 0.2) is 47.7 Å². The maximum Gasteiger partial charge on any atom is 0.191 e. The molecule has 0 saturated carbocycles. The van der Waals surface area contributed by atoms with Crippen molar-refractivity contribution >= 4 is 29.9 Å². The highest BCUT2D eigenvalue weighted by Crippen LogP contribution is 2.15. The van der Waals surface area contributed by atoms with Crippen LogP contribution in [0.3, 0.4) is 0 Å². The summed E-state index contributed by atoms with van der Waals surface area (Å²) in [6, 6.07) is 10.3. The summed E-state index contributed by atoms with van der Waals surface area (Å²) in [6.07, 6.45) is 6.41. The SMILES string of the molecule is CC1CCCN(C(N)=NCc2cnn(Cc3ccccc3)c2)C1.I. The van der Waals surface area contributed by atoms with Gasteiger partial charge in [-0.15, -0.1) is 24.0 Å². The zero-order chi connectivity index (χ0) is 16.1. The summed E-state index contributed by atoms with van der Waals surface area (Å²) in [5.74, 6) is 1.36. The van der Waals surface area contributed by atoms with Crippen LogP contribution in [-0.4, -0.2) is 33.7 Å². The van der Waals surface area contributed by atoms with Gasteiger partial charge in [-0.05, 0) is 24.3 Å². The van der Waals surface area contributed by atoms with Crippen molar-refractivity contribution in [3.63, 3.8) is 0 Å². The van der Waals surface area contributed by atoms with Crippen LogP contribution < -0.4 is 5.73 Å². The molecule has 130 valence electrons. The molecule has 0 amide bonds. The Morgan fingerprint density at radius 2 is 2.08 bits per heavy atom. The maximum atomic E-state index is 6.14. The van der Waals surface area contributed by atoms with E-state index >= 15 is 0 Å². The van der Waals surface area contributed by atoms with Crippen LogP contribution in [0.5, 0.6) is 0 Å². The van der Waals surface area contributed by atoms with Crippen LogP contribution in [0.2, 0.25) is 0 Å². The highest BCUT2D eigenvalue weighted by molar-refractivity contribution is 14.0. The minimum Gasteiger partial charge on any atom is -0.370 e. The Morgan fingerprint density at radius 3 is 2.83 bits per heavy atom. The molecule has 1 saturated heterocycles. The van der Waals surface area contributed by atoms with Crippen molar-refractivity contribution in [3.05, 3.63) is 53.9 Å². The Labute approximate surface area is 161 Å². The van der Waals surface area contributed by atoms with Crippen LogP contribution in [0.25, 0.3) is 0 Å². The van der Waals surface area contributed by atoms with Gasteiger partial charge in [-0.1, -0.05) is 37.3 Å². The van der Waals surface area contributed by atoms with Crippen molar-refractivity contribution in [2.45, 2.75) is 32.9 Å². The van der Waals surface area contributed by atoms with Crippen molar-refractivity contribution in [1.82, 2.24) is 14.7 Å². The molecule has 24 heavy (non-hydrogen) atoms.